The number of hydrogen-bond acceptors (Lipinski definition) is 4. The number of hydrogen-bond donors (Lipinski definition) is 1. The zero-order chi connectivity index (χ0) is 17.6. The third kappa shape index (κ3) is 4.47. The summed E-state index contributed by atoms with van der Waals surface area (Å²) in [6, 6.07) is 14.0. The molecule has 0 fully saturated rings. The molecule has 0 saturated carbocycles. The second-order valence-electron chi connectivity index (χ2n) is 6.46. The number of anilines is 2. The lowest BCUT2D eigenvalue weighted by Crippen LogP contribution is -2.05. The molecule has 3 rings (SSSR count). The number of fused-ring (bicyclic) bond motifs is 1. The molecule has 4 nitrogen and oxygen atoms in total. The number of aromatic nitrogens is 1. The number of benzene rings is 2. The molecule has 4 heteroatoms. The highest BCUT2D eigenvalue weighted by Gasteiger charge is 2.07. The Kier molecular flexibility index (Phi) is 5.49. The molecule has 0 atom stereocenters. The lowest BCUT2D eigenvalue weighted by molar-refractivity contribution is 0.522. The Morgan fingerprint density at radius 1 is 1.04 bits per heavy atom. The molecule has 0 aliphatic rings. The Morgan fingerprint density at radius 2 is 1.84 bits per heavy atom. The topological polar surface area (TPSA) is 55.1 Å². The molecule has 3 aromatic rings. The van der Waals surface area contributed by atoms with Gasteiger partial charge in [-0.1, -0.05) is 49.9 Å². The van der Waals surface area contributed by atoms with Gasteiger partial charge < -0.3 is 9.73 Å². The summed E-state index contributed by atoms with van der Waals surface area (Å²) in [5, 5.41) is 3.58. The summed E-state index contributed by atoms with van der Waals surface area (Å²) in [6.07, 6.45) is 6.16. The van der Waals surface area contributed by atoms with Gasteiger partial charge in [0.2, 0.25) is 0 Å². The molecule has 0 saturated heterocycles. The summed E-state index contributed by atoms with van der Waals surface area (Å²) < 4.78 is 5.29. The van der Waals surface area contributed by atoms with Crippen molar-refractivity contribution in [1.29, 1.82) is 0 Å². The number of aryl methyl sites for hydroxylation is 2. The van der Waals surface area contributed by atoms with Gasteiger partial charge in [-0.15, -0.1) is 0 Å². The maximum absolute atomic E-state index is 12.1. The van der Waals surface area contributed by atoms with Crippen molar-refractivity contribution in [1.82, 2.24) is 4.98 Å². The average Bonchev–Trinajstić information content (AvgIpc) is 2.61. The number of nitrogens with one attached hydrogen (secondary N) is 1. The number of nitrogens with zero attached hydrogens (tertiary/aromatic N) is 1. The largest absolute Gasteiger partial charge is 0.388 e. The highest BCUT2D eigenvalue weighted by Crippen LogP contribution is 2.18. The molecule has 1 heterocycles. The van der Waals surface area contributed by atoms with Crippen LogP contribution in [0.4, 0.5) is 11.7 Å². The molecule has 0 aliphatic carbocycles. The van der Waals surface area contributed by atoms with Crippen LogP contribution >= 0.6 is 0 Å². The van der Waals surface area contributed by atoms with E-state index in [0.29, 0.717) is 10.9 Å². The van der Waals surface area contributed by atoms with E-state index < -0.39 is 0 Å². The molecule has 0 aliphatic heterocycles. The van der Waals surface area contributed by atoms with E-state index in [0.717, 1.165) is 17.7 Å². The summed E-state index contributed by atoms with van der Waals surface area (Å²) >= 11 is 0. The van der Waals surface area contributed by atoms with Gasteiger partial charge in [0.15, 0.2) is 0 Å². The first-order chi connectivity index (χ1) is 12.2. The minimum Gasteiger partial charge on any atom is -0.388 e. The van der Waals surface area contributed by atoms with E-state index >= 15 is 0 Å². The molecule has 0 spiro atoms. The maximum atomic E-state index is 12.1. The molecule has 0 amide bonds. The predicted molar refractivity (Wildman–Crippen MR) is 103 cm³/mol. The molecule has 0 radical (unpaired) electrons. The van der Waals surface area contributed by atoms with Gasteiger partial charge in [-0.3, -0.25) is 0 Å². The van der Waals surface area contributed by atoms with Crippen molar-refractivity contribution < 1.29 is 4.42 Å². The zero-order valence-electron chi connectivity index (χ0n) is 14.8. The Labute approximate surface area is 147 Å². The highest BCUT2D eigenvalue weighted by atomic mass is 16.4. The number of unbranched alkanes of at least 4 members (excludes halogenated alkanes) is 3. The highest BCUT2D eigenvalue weighted by molar-refractivity contribution is 5.78. The van der Waals surface area contributed by atoms with Gasteiger partial charge in [-0.05, 0) is 49.6 Å². The SMILES string of the molecule is CCCCCCc1ccc(Nc2nc3ccc(C)cc3c(=O)o2)cc1. The summed E-state index contributed by atoms with van der Waals surface area (Å²) in [4.78, 5) is 16.5. The summed E-state index contributed by atoms with van der Waals surface area (Å²) in [7, 11) is 0. The van der Waals surface area contributed by atoms with Crippen LogP contribution in [0.2, 0.25) is 0 Å². The van der Waals surface area contributed by atoms with Crippen LogP contribution in [0.15, 0.2) is 51.7 Å². The average molecular weight is 336 g/mol. The first kappa shape index (κ1) is 17.2. The van der Waals surface area contributed by atoms with Crippen LogP contribution in [-0.2, 0) is 6.42 Å². The second kappa shape index (κ2) is 7.97. The molecule has 25 heavy (non-hydrogen) atoms. The molecule has 130 valence electrons. The zero-order valence-corrected chi connectivity index (χ0v) is 14.8. The van der Waals surface area contributed by atoms with Gasteiger partial charge in [0.05, 0.1) is 10.9 Å². The Bertz CT molecular complexity index is 898. The van der Waals surface area contributed by atoms with Crippen LogP contribution in [0.5, 0.6) is 0 Å². The van der Waals surface area contributed by atoms with Crippen LogP contribution in [0.25, 0.3) is 10.9 Å². The van der Waals surface area contributed by atoms with Crippen molar-refractivity contribution in [3.8, 4) is 0 Å². The van der Waals surface area contributed by atoms with E-state index in [1.165, 1.54) is 31.2 Å². The van der Waals surface area contributed by atoms with Crippen LogP contribution in [-0.4, -0.2) is 4.98 Å². The van der Waals surface area contributed by atoms with E-state index in [4.69, 9.17) is 4.42 Å². The minimum atomic E-state index is -0.372. The fraction of sp³-hybridized carbons (Fsp3) is 0.333. The standard InChI is InChI=1S/C21H24N2O2/c1-3-4-5-6-7-16-9-11-17(12-10-16)22-21-23-19-13-8-15(2)14-18(19)20(24)25-21/h8-14H,3-7H2,1-2H3,(H,22,23). The van der Waals surface area contributed by atoms with Crippen molar-refractivity contribution in [2.45, 2.75) is 46.0 Å². The first-order valence-corrected chi connectivity index (χ1v) is 8.93. The fourth-order valence-corrected chi connectivity index (χ4v) is 2.87. The van der Waals surface area contributed by atoms with Gasteiger partial charge in [0, 0.05) is 5.69 Å². The van der Waals surface area contributed by atoms with E-state index in [1.54, 1.807) is 6.07 Å². The summed E-state index contributed by atoms with van der Waals surface area (Å²) in [5.74, 6) is 0. The third-order valence-electron chi connectivity index (χ3n) is 4.31. The fourth-order valence-electron chi connectivity index (χ4n) is 2.87. The second-order valence-corrected chi connectivity index (χ2v) is 6.46. The molecule has 0 unspecified atom stereocenters. The number of rotatable bonds is 7. The monoisotopic (exact) mass is 336 g/mol. The smallest absolute Gasteiger partial charge is 0.348 e. The molecular weight excluding hydrogens is 312 g/mol. The normalized spacial score (nSPS) is 11.0. The first-order valence-electron chi connectivity index (χ1n) is 8.93. The van der Waals surface area contributed by atoms with Crippen LogP contribution in [0, 0.1) is 6.92 Å². The quantitative estimate of drug-likeness (QED) is 0.590. The van der Waals surface area contributed by atoms with Crippen molar-refractivity contribution in [2.24, 2.45) is 0 Å². The molecule has 0 bridgehead atoms. The molecular formula is C21H24N2O2. The lowest BCUT2D eigenvalue weighted by atomic mass is 10.1. The lowest BCUT2D eigenvalue weighted by Gasteiger charge is -2.07. The van der Waals surface area contributed by atoms with E-state index in [2.05, 4.69) is 29.4 Å². The van der Waals surface area contributed by atoms with Gasteiger partial charge in [-0.25, -0.2) is 4.79 Å². The predicted octanol–water partition coefficient (Wildman–Crippen LogP) is 5.36. The molecule has 1 N–H and O–H groups in total. The summed E-state index contributed by atoms with van der Waals surface area (Å²) in [5.41, 5.74) is 3.46. The van der Waals surface area contributed by atoms with Crippen molar-refractivity contribution in [2.75, 3.05) is 5.32 Å². The van der Waals surface area contributed by atoms with Gasteiger partial charge in [0.1, 0.15) is 0 Å². The van der Waals surface area contributed by atoms with Crippen LogP contribution in [0.1, 0.15) is 43.7 Å². The molecule has 1 aromatic heterocycles. The van der Waals surface area contributed by atoms with Gasteiger partial charge in [-0.2, -0.15) is 4.98 Å². The van der Waals surface area contributed by atoms with Crippen molar-refractivity contribution >= 4 is 22.6 Å². The Hall–Kier alpha value is -2.62. The van der Waals surface area contributed by atoms with Crippen LogP contribution < -0.4 is 10.9 Å². The van der Waals surface area contributed by atoms with E-state index in [9.17, 15) is 4.79 Å². The van der Waals surface area contributed by atoms with E-state index in [-0.39, 0.29) is 11.6 Å². The Balaban J connectivity index is 1.71. The van der Waals surface area contributed by atoms with Crippen molar-refractivity contribution in [3.05, 3.63) is 64.0 Å². The Morgan fingerprint density at radius 3 is 2.60 bits per heavy atom. The van der Waals surface area contributed by atoms with Gasteiger partial charge >= 0.3 is 11.6 Å². The molecule has 2 aromatic carbocycles. The van der Waals surface area contributed by atoms with Crippen molar-refractivity contribution in [3.63, 3.8) is 0 Å². The summed E-state index contributed by atoms with van der Waals surface area (Å²) in [6.45, 7) is 4.16. The third-order valence-corrected chi connectivity index (χ3v) is 4.31. The van der Waals surface area contributed by atoms with E-state index in [1.807, 2.05) is 31.2 Å². The van der Waals surface area contributed by atoms with Gasteiger partial charge in [0.25, 0.3) is 0 Å². The minimum absolute atomic E-state index is 0.219. The van der Waals surface area contributed by atoms with Crippen LogP contribution in [0.3, 0.4) is 0 Å². The maximum Gasteiger partial charge on any atom is 0.348 e.